The first-order chi connectivity index (χ1) is 7.65. The zero-order valence-electron chi connectivity index (χ0n) is 9.06. The van der Waals surface area contributed by atoms with Crippen LogP contribution in [0.1, 0.15) is 18.4 Å². The van der Waals surface area contributed by atoms with Crippen molar-refractivity contribution >= 4 is 11.6 Å². The number of phenolic OH excluding ortho intramolecular Hbond substituents is 1. The van der Waals surface area contributed by atoms with Crippen molar-refractivity contribution in [1.29, 1.82) is 0 Å². The van der Waals surface area contributed by atoms with Crippen LogP contribution in [-0.2, 0) is 6.54 Å². The lowest BCUT2D eigenvalue weighted by Crippen LogP contribution is -2.35. The van der Waals surface area contributed by atoms with Crippen molar-refractivity contribution in [3.05, 3.63) is 28.8 Å². The van der Waals surface area contributed by atoms with Gasteiger partial charge >= 0.3 is 0 Å². The van der Waals surface area contributed by atoms with Gasteiger partial charge in [0, 0.05) is 30.2 Å². The smallest absolute Gasteiger partial charge is 0.120 e. The molecule has 0 aromatic heterocycles. The Morgan fingerprint density at radius 3 is 2.69 bits per heavy atom. The van der Waals surface area contributed by atoms with E-state index in [1.165, 1.54) is 0 Å². The van der Waals surface area contributed by atoms with Crippen LogP contribution in [0.25, 0.3) is 0 Å². The van der Waals surface area contributed by atoms with E-state index in [1.54, 1.807) is 18.2 Å². The van der Waals surface area contributed by atoms with E-state index in [2.05, 4.69) is 4.90 Å². The first-order valence-corrected chi connectivity index (χ1v) is 5.91. The number of aliphatic hydroxyl groups excluding tert-OH is 1. The lowest BCUT2D eigenvalue weighted by Gasteiger charge is -2.29. The number of nitrogens with zero attached hydrogens (tertiary/aromatic N) is 1. The molecule has 0 amide bonds. The normalized spacial score (nSPS) is 18.9. The second kappa shape index (κ2) is 5.04. The number of hydrogen-bond acceptors (Lipinski definition) is 3. The molecule has 1 heterocycles. The van der Waals surface area contributed by atoms with E-state index in [0.717, 1.165) is 31.5 Å². The van der Waals surface area contributed by atoms with Crippen LogP contribution in [0.4, 0.5) is 0 Å². The predicted octanol–water partition coefficient (Wildman–Crippen LogP) is 2.00. The Labute approximate surface area is 100 Å². The van der Waals surface area contributed by atoms with Crippen LogP contribution in [0.15, 0.2) is 18.2 Å². The van der Waals surface area contributed by atoms with Gasteiger partial charge in [-0.2, -0.15) is 0 Å². The third-order valence-electron chi connectivity index (χ3n) is 2.99. The minimum Gasteiger partial charge on any atom is -0.508 e. The zero-order chi connectivity index (χ0) is 11.5. The van der Waals surface area contributed by atoms with E-state index >= 15 is 0 Å². The Bertz CT molecular complexity index is 362. The number of aromatic hydroxyl groups is 1. The topological polar surface area (TPSA) is 43.7 Å². The van der Waals surface area contributed by atoms with E-state index in [9.17, 15) is 10.2 Å². The summed E-state index contributed by atoms with van der Waals surface area (Å²) in [5, 5.41) is 19.7. The number of benzene rings is 1. The van der Waals surface area contributed by atoms with Gasteiger partial charge in [0.1, 0.15) is 5.75 Å². The summed E-state index contributed by atoms with van der Waals surface area (Å²) in [6.45, 7) is 2.43. The van der Waals surface area contributed by atoms with Gasteiger partial charge in [-0.1, -0.05) is 11.6 Å². The molecule has 0 atom stereocenters. The van der Waals surface area contributed by atoms with Crippen molar-refractivity contribution in [1.82, 2.24) is 4.90 Å². The molecule has 1 aromatic carbocycles. The van der Waals surface area contributed by atoms with Crippen molar-refractivity contribution in [2.75, 3.05) is 13.1 Å². The maximum Gasteiger partial charge on any atom is 0.120 e. The first-order valence-electron chi connectivity index (χ1n) is 5.53. The molecule has 1 aromatic rings. The number of phenols is 1. The minimum absolute atomic E-state index is 0.163. The molecular formula is C12H16ClNO2. The molecule has 0 spiro atoms. The average Bonchev–Trinajstić information content (AvgIpc) is 2.27. The van der Waals surface area contributed by atoms with Crippen LogP contribution >= 0.6 is 11.6 Å². The molecule has 1 saturated heterocycles. The summed E-state index contributed by atoms with van der Waals surface area (Å²) in [7, 11) is 0. The van der Waals surface area contributed by atoms with Crippen LogP contribution in [0, 0.1) is 0 Å². The van der Waals surface area contributed by atoms with Gasteiger partial charge in [-0.3, -0.25) is 4.90 Å². The van der Waals surface area contributed by atoms with Gasteiger partial charge in [0.15, 0.2) is 0 Å². The number of likely N-dealkylation sites (tertiary alicyclic amines) is 1. The van der Waals surface area contributed by atoms with E-state index in [-0.39, 0.29) is 11.9 Å². The lowest BCUT2D eigenvalue weighted by atomic mass is 10.1. The fraction of sp³-hybridized carbons (Fsp3) is 0.500. The molecule has 1 aliphatic rings. The van der Waals surface area contributed by atoms with Gasteiger partial charge in [-0.15, -0.1) is 0 Å². The third kappa shape index (κ3) is 2.88. The van der Waals surface area contributed by atoms with Crippen LogP contribution in [0.2, 0.25) is 5.02 Å². The Kier molecular flexibility index (Phi) is 3.69. The number of aliphatic hydroxyl groups is 1. The van der Waals surface area contributed by atoms with Crippen molar-refractivity contribution in [3.8, 4) is 5.75 Å². The number of halogens is 1. The van der Waals surface area contributed by atoms with Gasteiger partial charge in [-0.05, 0) is 31.0 Å². The molecular weight excluding hydrogens is 226 g/mol. The number of hydrogen-bond donors (Lipinski definition) is 2. The number of piperidine rings is 1. The lowest BCUT2D eigenvalue weighted by molar-refractivity contribution is 0.0789. The van der Waals surface area contributed by atoms with Crippen LogP contribution < -0.4 is 0 Å². The largest absolute Gasteiger partial charge is 0.508 e. The van der Waals surface area contributed by atoms with Crippen LogP contribution in [0.3, 0.4) is 0 Å². The maximum absolute atomic E-state index is 9.68. The maximum atomic E-state index is 9.68. The molecule has 0 aliphatic carbocycles. The van der Waals surface area contributed by atoms with E-state index in [4.69, 9.17) is 11.6 Å². The Balaban J connectivity index is 2.00. The fourth-order valence-corrected chi connectivity index (χ4v) is 2.19. The highest BCUT2D eigenvalue weighted by atomic mass is 35.5. The van der Waals surface area contributed by atoms with Crippen molar-refractivity contribution < 1.29 is 10.2 Å². The van der Waals surface area contributed by atoms with Gasteiger partial charge in [0.25, 0.3) is 0 Å². The SMILES string of the molecule is Oc1ccc(Cl)cc1CN1CCC(O)CC1. The molecule has 2 N–H and O–H groups in total. The number of rotatable bonds is 2. The summed E-state index contributed by atoms with van der Waals surface area (Å²) in [5.41, 5.74) is 0.851. The van der Waals surface area contributed by atoms with Crippen molar-refractivity contribution in [2.24, 2.45) is 0 Å². The van der Waals surface area contributed by atoms with Crippen LogP contribution in [0.5, 0.6) is 5.75 Å². The van der Waals surface area contributed by atoms with Gasteiger partial charge in [0.2, 0.25) is 0 Å². The molecule has 0 radical (unpaired) electrons. The summed E-state index contributed by atoms with van der Waals surface area (Å²) in [6, 6.07) is 5.10. The fourth-order valence-electron chi connectivity index (χ4n) is 2.00. The Morgan fingerprint density at radius 2 is 2.00 bits per heavy atom. The highest BCUT2D eigenvalue weighted by Crippen LogP contribution is 2.24. The molecule has 0 bridgehead atoms. The van der Waals surface area contributed by atoms with E-state index in [1.807, 2.05) is 0 Å². The van der Waals surface area contributed by atoms with E-state index < -0.39 is 0 Å². The highest BCUT2D eigenvalue weighted by Gasteiger charge is 2.17. The Morgan fingerprint density at radius 1 is 1.31 bits per heavy atom. The Hall–Kier alpha value is -0.770. The third-order valence-corrected chi connectivity index (χ3v) is 3.23. The summed E-state index contributed by atoms with van der Waals surface area (Å²) >= 11 is 5.89. The van der Waals surface area contributed by atoms with Gasteiger partial charge in [0.05, 0.1) is 6.10 Å². The minimum atomic E-state index is -0.163. The van der Waals surface area contributed by atoms with Crippen LogP contribution in [-0.4, -0.2) is 34.3 Å². The van der Waals surface area contributed by atoms with Crippen molar-refractivity contribution in [2.45, 2.75) is 25.5 Å². The standard InChI is InChI=1S/C12H16ClNO2/c13-10-1-2-12(16)9(7-10)8-14-5-3-11(15)4-6-14/h1-2,7,11,15-16H,3-6,8H2. The van der Waals surface area contributed by atoms with Crippen molar-refractivity contribution in [3.63, 3.8) is 0 Å². The van der Waals surface area contributed by atoms with E-state index in [0.29, 0.717) is 11.6 Å². The highest BCUT2D eigenvalue weighted by molar-refractivity contribution is 6.30. The quantitative estimate of drug-likeness (QED) is 0.833. The summed E-state index contributed by atoms with van der Waals surface area (Å²) in [6.07, 6.45) is 1.45. The molecule has 2 rings (SSSR count). The van der Waals surface area contributed by atoms with Gasteiger partial charge in [-0.25, -0.2) is 0 Å². The molecule has 4 heteroatoms. The summed E-state index contributed by atoms with van der Waals surface area (Å²) in [4.78, 5) is 2.22. The predicted molar refractivity (Wildman–Crippen MR) is 63.6 cm³/mol. The molecule has 16 heavy (non-hydrogen) atoms. The second-order valence-corrected chi connectivity index (χ2v) is 4.72. The molecule has 1 fully saturated rings. The average molecular weight is 242 g/mol. The monoisotopic (exact) mass is 241 g/mol. The summed E-state index contributed by atoms with van der Waals surface area (Å²) in [5.74, 6) is 0.288. The molecule has 0 saturated carbocycles. The molecule has 3 nitrogen and oxygen atoms in total. The summed E-state index contributed by atoms with van der Waals surface area (Å²) < 4.78 is 0. The molecule has 0 unspecified atom stereocenters. The van der Waals surface area contributed by atoms with Gasteiger partial charge < -0.3 is 10.2 Å². The second-order valence-electron chi connectivity index (χ2n) is 4.28. The first kappa shape index (κ1) is 11.7. The zero-order valence-corrected chi connectivity index (χ0v) is 9.82. The molecule has 1 aliphatic heterocycles. The molecule has 88 valence electrons.